The summed E-state index contributed by atoms with van der Waals surface area (Å²) in [6, 6.07) is 12.7. The van der Waals surface area contributed by atoms with Crippen LogP contribution in [0.15, 0.2) is 42.5 Å². The lowest BCUT2D eigenvalue weighted by atomic mass is 10.1. The first-order chi connectivity index (χ1) is 9.63. The van der Waals surface area contributed by atoms with Crippen LogP contribution >= 0.6 is 11.6 Å². The molecule has 2 N–H and O–H groups in total. The molecule has 106 valence electrons. The summed E-state index contributed by atoms with van der Waals surface area (Å²) in [6.07, 6.45) is 0.955. The van der Waals surface area contributed by atoms with Crippen LogP contribution in [0.3, 0.4) is 0 Å². The standard InChI is InChI=1S/C16H18ClFN2/c1-2-10-20(15-9-4-3-8-14(15)19)11-12-6-5-7-13(17)16(12)18/h3-9H,2,10-11,19H2,1H3. The number of para-hydroxylation sites is 2. The van der Waals surface area contributed by atoms with Gasteiger partial charge in [0.05, 0.1) is 16.4 Å². The summed E-state index contributed by atoms with van der Waals surface area (Å²) < 4.78 is 14.0. The normalized spacial score (nSPS) is 10.6. The lowest BCUT2D eigenvalue weighted by molar-refractivity contribution is 0.603. The van der Waals surface area contributed by atoms with Gasteiger partial charge in [0.2, 0.25) is 0 Å². The van der Waals surface area contributed by atoms with Crippen molar-refractivity contribution < 1.29 is 4.39 Å². The maximum absolute atomic E-state index is 14.0. The van der Waals surface area contributed by atoms with Gasteiger partial charge in [-0.1, -0.05) is 42.8 Å². The van der Waals surface area contributed by atoms with Crippen LogP contribution in [-0.2, 0) is 6.54 Å². The Balaban J connectivity index is 2.31. The van der Waals surface area contributed by atoms with Crippen molar-refractivity contribution >= 4 is 23.0 Å². The molecule has 0 unspecified atom stereocenters. The zero-order valence-corrected chi connectivity index (χ0v) is 12.2. The fourth-order valence-corrected chi connectivity index (χ4v) is 2.40. The van der Waals surface area contributed by atoms with E-state index in [1.54, 1.807) is 18.2 Å². The first kappa shape index (κ1) is 14.7. The van der Waals surface area contributed by atoms with E-state index in [9.17, 15) is 4.39 Å². The second kappa shape index (κ2) is 6.62. The maximum Gasteiger partial charge on any atom is 0.146 e. The second-order valence-corrected chi connectivity index (χ2v) is 5.10. The molecule has 2 aromatic carbocycles. The van der Waals surface area contributed by atoms with E-state index in [0.29, 0.717) is 17.8 Å². The Hall–Kier alpha value is -1.74. The van der Waals surface area contributed by atoms with Crippen molar-refractivity contribution in [2.45, 2.75) is 19.9 Å². The number of nitrogens with zero attached hydrogens (tertiary/aromatic N) is 1. The van der Waals surface area contributed by atoms with E-state index in [4.69, 9.17) is 17.3 Å². The molecule has 0 aliphatic rings. The molecular weight excluding hydrogens is 275 g/mol. The van der Waals surface area contributed by atoms with E-state index < -0.39 is 0 Å². The number of benzene rings is 2. The van der Waals surface area contributed by atoms with Crippen LogP contribution in [-0.4, -0.2) is 6.54 Å². The molecule has 0 amide bonds. The molecule has 0 bridgehead atoms. The first-order valence-corrected chi connectivity index (χ1v) is 7.03. The van der Waals surface area contributed by atoms with Crippen LogP contribution in [0.4, 0.5) is 15.8 Å². The minimum atomic E-state index is -0.357. The monoisotopic (exact) mass is 292 g/mol. The Morgan fingerprint density at radius 1 is 1.15 bits per heavy atom. The fraction of sp³-hybridized carbons (Fsp3) is 0.250. The Kier molecular flexibility index (Phi) is 4.85. The van der Waals surface area contributed by atoms with Crippen LogP contribution < -0.4 is 10.6 Å². The highest BCUT2D eigenvalue weighted by molar-refractivity contribution is 6.30. The molecule has 0 fully saturated rings. The number of nitrogen functional groups attached to an aromatic ring is 1. The van der Waals surface area contributed by atoms with Crippen molar-refractivity contribution in [3.63, 3.8) is 0 Å². The third-order valence-electron chi connectivity index (χ3n) is 3.16. The molecule has 2 nitrogen and oxygen atoms in total. The Labute approximate surface area is 124 Å². The van der Waals surface area contributed by atoms with Gasteiger partial charge in [-0.2, -0.15) is 0 Å². The van der Waals surface area contributed by atoms with E-state index in [1.165, 1.54) is 0 Å². The van der Waals surface area contributed by atoms with Crippen molar-refractivity contribution in [3.8, 4) is 0 Å². The number of nitrogens with two attached hydrogens (primary N) is 1. The smallest absolute Gasteiger partial charge is 0.146 e. The van der Waals surface area contributed by atoms with E-state index >= 15 is 0 Å². The van der Waals surface area contributed by atoms with Gasteiger partial charge in [-0.15, -0.1) is 0 Å². The number of rotatable bonds is 5. The SMILES string of the molecule is CCCN(Cc1cccc(Cl)c1F)c1ccccc1N. The minimum absolute atomic E-state index is 0.153. The molecule has 20 heavy (non-hydrogen) atoms. The van der Waals surface area contributed by atoms with Gasteiger partial charge in [0.25, 0.3) is 0 Å². The Bertz CT molecular complexity index is 586. The third kappa shape index (κ3) is 3.23. The van der Waals surface area contributed by atoms with Crippen molar-refractivity contribution in [1.82, 2.24) is 0 Å². The highest BCUT2D eigenvalue weighted by atomic mass is 35.5. The van der Waals surface area contributed by atoms with Crippen molar-refractivity contribution in [2.75, 3.05) is 17.2 Å². The molecule has 0 heterocycles. The van der Waals surface area contributed by atoms with Gasteiger partial charge < -0.3 is 10.6 Å². The molecule has 2 aromatic rings. The van der Waals surface area contributed by atoms with E-state index in [1.807, 2.05) is 24.3 Å². The molecule has 4 heteroatoms. The van der Waals surface area contributed by atoms with Gasteiger partial charge >= 0.3 is 0 Å². The summed E-state index contributed by atoms with van der Waals surface area (Å²) >= 11 is 5.83. The van der Waals surface area contributed by atoms with Crippen LogP contribution in [0.5, 0.6) is 0 Å². The number of hydrogen-bond donors (Lipinski definition) is 1. The largest absolute Gasteiger partial charge is 0.397 e. The van der Waals surface area contributed by atoms with Gasteiger partial charge in [-0.05, 0) is 24.6 Å². The summed E-state index contributed by atoms with van der Waals surface area (Å²) in [5, 5.41) is 0.153. The van der Waals surface area contributed by atoms with Crippen LogP contribution in [0.2, 0.25) is 5.02 Å². The van der Waals surface area contributed by atoms with Crippen molar-refractivity contribution in [3.05, 3.63) is 58.9 Å². The van der Waals surface area contributed by atoms with E-state index in [2.05, 4.69) is 11.8 Å². The lowest BCUT2D eigenvalue weighted by Crippen LogP contribution is -2.25. The summed E-state index contributed by atoms with van der Waals surface area (Å²) in [5.41, 5.74) is 8.21. The second-order valence-electron chi connectivity index (χ2n) is 4.69. The molecule has 0 radical (unpaired) electrons. The predicted molar refractivity (Wildman–Crippen MR) is 83.6 cm³/mol. The number of anilines is 2. The molecular formula is C16H18ClFN2. The van der Waals surface area contributed by atoms with Crippen LogP contribution in [0.25, 0.3) is 0 Å². The quantitative estimate of drug-likeness (QED) is 0.823. The zero-order valence-electron chi connectivity index (χ0n) is 11.4. The molecule has 0 saturated heterocycles. The summed E-state index contributed by atoms with van der Waals surface area (Å²) in [7, 11) is 0. The maximum atomic E-state index is 14.0. The average molecular weight is 293 g/mol. The van der Waals surface area contributed by atoms with Gasteiger partial charge in [0.15, 0.2) is 0 Å². The lowest BCUT2D eigenvalue weighted by Gasteiger charge is -2.26. The third-order valence-corrected chi connectivity index (χ3v) is 3.46. The predicted octanol–water partition coefficient (Wildman–Crippen LogP) is 4.48. The average Bonchev–Trinajstić information content (AvgIpc) is 2.44. The van der Waals surface area contributed by atoms with Gasteiger partial charge in [0.1, 0.15) is 5.82 Å². The van der Waals surface area contributed by atoms with Gasteiger partial charge in [-0.25, -0.2) is 4.39 Å². The van der Waals surface area contributed by atoms with Crippen molar-refractivity contribution in [2.24, 2.45) is 0 Å². The fourth-order valence-electron chi connectivity index (χ4n) is 2.21. The minimum Gasteiger partial charge on any atom is -0.397 e. The summed E-state index contributed by atoms with van der Waals surface area (Å²) in [4.78, 5) is 2.07. The first-order valence-electron chi connectivity index (χ1n) is 6.65. The van der Waals surface area contributed by atoms with E-state index in [0.717, 1.165) is 18.7 Å². The highest BCUT2D eigenvalue weighted by Crippen LogP contribution is 2.26. The molecule has 2 rings (SSSR count). The molecule has 0 spiro atoms. The van der Waals surface area contributed by atoms with E-state index in [-0.39, 0.29) is 10.8 Å². The topological polar surface area (TPSA) is 29.3 Å². The molecule has 0 aromatic heterocycles. The number of hydrogen-bond acceptors (Lipinski definition) is 2. The number of halogens is 2. The Morgan fingerprint density at radius 3 is 2.60 bits per heavy atom. The molecule has 0 atom stereocenters. The highest BCUT2D eigenvalue weighted by Gasteiger charge is 2.13. The van der Waals surface area contributed by atoms with Gasteiger partial charge in [0, 0.05) is 18.7 Å². The summed E-state index contributed by atoms with van der Waals surface area (Å²) in [6.45, 7) is 3.34. The summed E-state index contributed by atoms with van der Waals surface area (Å²) in [5.74, 6) is -0.357. The van der Waals surface area contributed by atoms with Crippen LogP contribution in [0.1, 0.15) is 18.9 Å². The Morgan fingerprint density at radius 2 is 1.90 bits per heavy atom. The molecule has 0 aliphatic heterocycles. The zero-order chi connectivity index (χ0) is 14.5. The van der Waals surface area contributed by atoms with Crippen LogP contribution in [0, 0.1) is 5.82 Å². The van der Waals surface area contributed by atoms with Gasteiger partial charge in [-0.3, -0.25) is 0 Å². The molecule has 0 saturated carbocycles. The van der Waals surface area contributed by atoms with Crippen molar-refractivity contribution in [1.29, 1.82) is 0 Å². The molecule has 0 aliphatic carbocycles.